The lowest BCUT2D eigenvalue weighted by molar-refractivity contribution is 0.377. The number of halogens is 2. The van der Waals surface area contributed by atoms with Crippen molar-refractivity contribution in [2.75, 3.05) is 19.1 Å². The fourth-order valence-corrected chi connectivity index (χ4v) is 2.21. The highest BCUT2D eigenvalue weighted by molar-refractivity contribution is 6.31. The molecule has 0 radical (unpaired) electrons. The molecule has 1 aromatic heterocycles. The van der Waals surface area contributed by atoms with E-state index >= 15 is 0 Å². The summed E-state index contributed by atoms with van der Waals surface area (Å²) in [6, 6.07) is 7.80. The zero-order valence-corrected chi connectivity index (χ0v) is 12.9. The van der Waals surface area contributed by atoms with E-state index in [2.05, 4.69) is 15.0 Å². The van der Waals surface area contributed by atoms with Gasteiger partial charge in [0.2, 0.25) is 11.2 Å². The highest BCUT2D eigenvalue weighted by Crippen LogP contribution is 2.28. The Morgan fingerprint density at radius 3 is 2.50 bits per heavy atom. The van der Waals surface area contributed by atoms with Gasteiger partial charge in [0, 0.05) is 12.1 Å². The number of nitrogens with zero attached hydrogens (tertiary/aromatic N) is 4. The van der Waals surface area contributed by atoms with Crippen molar-refractivity contribution in [2.24, 2.45) is 0 Å². The summed E-state index contributed by atoms with van der Waals surface area (Å²) < 4.78 is 5.00. The van der Waals surface area contributed by atoms with Gasteiger partial charge in [0.25, 0.3) is 0 Å². The van der Waals surface area contributed by atoms with Crippen LogP contribution in [0.15, 0.2) is 24.3 Å². The third-order valence-corrected chi connectivity index (χ3v) is 3.52. The molecule has 0 fully saturated rings. The maximum Gasteiger partial charge on any atom is 0.322 e. The van der Waals surface area contributed by atoms with Crippen molar-refractivity contribution in [1.82, 2.24) is 15.0 Å². The highest BCUT2D eigenvalue weighted by atomic mass is 35.5. The van der Waals surface area contributed by atoms with Crippen LogP contribution in [-0.4, -0.2) is 29.1 Å². The summed E-state index contributed by atoms with van der Waals surface area (Å²) in [4.78, 5) is 14.0. The Balaban J connectivity index is 2.33. The average Bonchev–Trinajstić information content (AvgIpc) is 2.45. The molecule has 2 rings (SSSR count). The summed E-state index contributed by atoms with van der Waals surface area (Å²) in [5, 5.41) is 0.782. The van der Waals surface area contributed by atoms with E-state index in [-0.39, 0.29) is 17.3 Å². The first-order chi connectivity index (χ1) is 9.52. The smallest absolute Gasteiger partial charge is 0.322 e. The van der Waals surface area contributed by atoms with E-state index in [9.17, 15) is 0 Å². The molecule has 1 aromatic carbocycles. The summed E-state index contributed by atoms with van der Waals surface area (Å²) in [6.45, 7) is 2.01. The van der Waals surface area contributed by atoms with Crippen LogP contribution in [0.3, 0.4) is 0 Å². The van der Waals surface area contributed by atoms with Crippen LogP contribution in [0.1, 0.15) is 18.5 Å². The van der Waals surface area contributed by atoms with E-state index in [1.165, 1.54) is 7.11 Å². The number of anilines is 1. The van der Waals surface area contributed by atoms with Gasteiger partial charge in [-0.1, -0.05) is 29.8 Å². The van der Waals surface area contributed by atoms with Crippen LogP contribution in [0.5, 0.6) is 6.01 Å². The molecule has 1 heterocycles. The molecule has 5 nitrogen and oxygen atoms in total. The van der Waals surface area contributed by atoms with Crippen LogP contribution in [-0.2, 0) is 0 Å². The number of benzene rings is 1. The number of hydrogen-bond acceptors (Lipinski definition) is 5. The molecule has 1 unspecified atom stereocenters. The Hall–Kier alpha value is -1.59. The van der Waals surface area contributed by atoms with Crippen LogP contribution in [0.2, 0.25) is 10.3 Å². The molecule has 0 bridgehead atoms. The molecule has 0 spiro atoms. The van der Waals surface area contributed by atoms with Gasteiger partial charge >= 0.3 is 6.01 Å². The first-order valence-electron chi connectivity index (χ1n) is 5.95. The second kappa shape index (κ2) is 6.24. The van der Waals surface area contributed by atoms with Crippen molar-refractivity contribution in [2.45, 2.75) is 13.0 Å². The predicted molar refractivity (Wildman–Crippen MR) is 79.7 cm³/mol. The van der Waals surface area contributed by atoms with Crippen LogP contribution < -0.4 is 9.64 Å². The minimum absolute atomic E-state index is 0.0214. The van der Waals surface area contributed by atoms with Crippen LogP contribution >= 0.6 is 23.2 Å². The van der Waals surface area contributed by atoms with Crippen molar-refractivity contribution in [1.29, 1.82) is 0 Å². The Morgan fingerprint density at radius 2 is 1.85 bits per heavy atom. The molecule has 7 heteroatoms. The average molecular weight is 313 g/mol. The van der Waals surface area contributed by atoms with Gasteiger partial charge in [0.1, 0.15) is 0 Å². The van der Waals surface area contributed by atoms with Gasteiger partial charge in [-0.2, -0.15) is 15.0 Å². The molecular formula is C13H14Cl2N4O. The largest absolute Gasteiger partial charge is 0.467 e. The molecule has 106 valence electrons. The monoisotopic (exact) mass is 312 g/mol. The molecule has 0 N–H and O–H groups in total. The predicted octanol–water partition coefficient (Wildman–Crippen LogP) is 3.38. The Kier molecular flexibility index (Phi) is 4.62. The zero-order valence-electron chi connectivity index (χ0n) is 11.3. The van der Waals surface area contributed by atoms with Gasteiger partial charge < -0.3 is 9.64 Å². The third kappa shape index (κ3) is 3.11. The van der Waals surface area contributed by atoms with E-state index < -0.39 is 0 Å². The van der Waals surface area contributed by atoms with Gasteiger partial charge in [-0.05, 0) is 30.2 Å². The SMILES string of the molecule is COc1nc(Cl)nc(N(C)C(C)c2ccccc2Cl)n1. The second-order valence-corrected chi connectivity index (χ2v) is 4.94. The Labute approximate surface area is 127 Å². The molecule has 2 aromatic rings. The molecule has 0 aliphatic carbocycles. The normalized spacial score (nSPS) is 12.1. The molecule has 0 amide bonds. The fraction of sp³-hybridized carbons (Fsp3) is 0.308. The summed E-state index contributed by atoms with van der Waals surface area (Å²) >= 11 is 12.1. The quantitative estimate of drug-likeness (QED) is 0.866. The van der Waals surface area contributed by atoms with Crippen LogP contribution in [0.4, 0.5) is 5.95 Å². The summed E-state index contributed by atoms with van der Waals surface area (Å²) in [5.41, 5.74) is 0.979. The third-order valence-electron chi connectivity index (χ3n) is 3.01. The van der Waals surface area contributed by atoms with Crippen LogP contribution in [0, 0.1) is 0 Å². The molecule has 0 saturated carbocycles. The first kappa shape index (κ1) is 14.8. The fourth-order valence-electron chi connectivity index (χ4n) is 1.77. The lowest BCUT2D eigenvalue weighted by atomic mass is 10.1. The summed E-state index contributed by atoms with van der Waals surface area (Å²) in [7, 11) is 3.34. The lowest BCUT2D eigenvalue weighted by Crippen LogP contribution is -2.24. The minimum Gasteiger partial charge on any atom is -0.467 e. The van der Waals surface area contributed by atoms with Crippen molar-refractivity contribution in [3.05, 3.63) is 40.1 Å². The topological polar surface area (TPSA) is 51.1 Å². The molecule has 0 aliphatic rings. The van der Waals surface area contributed by atoms with E-state index in [1.807, 2.05) is 43.1 Å². The molecular weight excluding hydrogens is 299 g/mol. The number of methoxy groups -OCH3 is 1. The summed E-state index contributed by atoms with van der Waals surface area (Å²) in [6.07, 6.45) is 0. The van der Waals surface area contributed by atoms with Crippen molar-refractivity contribution >= 4 is 29.2 Å². The van der Waals surface area contributed by atoms with Gasteiger partial charge in [-0.25, -0.2) is 0 Å². The highest BCUT2D eigenvalue weighted by Gasteiger charge is 2.18. The van der Waals surface area contributed by atoms with Crippen molar-refractivity contribution in [3.8, 4) is 6.01 Å². The van der Waals surface area contributed by atoms with Crippen LogP contribution in [0.25, 0.3) is 0 Å². The number of aromatic nitrogens is 3. The molecule has 20 heavy (non-hydrogen) atoms. The standard InChI is InChI=1S/C13H14Cl2N4O/c1-8(9-6-4-5-7-10(9)14)19(2)12-16-11(15)17-13(18-12)20-3/h4-8H,1-3H3. The van der Waals surface area contributed by atoms with Gasteiger partial charge in [-0.15, -0.1) is 0 Å². The maximum absolute atomic E-state index is 6.21. The molecule has 0 saturated heterocycles. The first-order valence-corrected chi connectivity index (χ1v) is 6.71. The number of rotatable bonds is 4. The molecule has 1 atom stereocenters. The minimum atomic E-state index is -0.0214. The van der Waals surface area contributed by atoms with Crippen molar-refractivity contribution in [3.63, 3.8) is 0 Å². The van der Waals surface area contributed by atoms with E-state index in [0.717, 1.165) is 5.56 Å². The van der Waals surface area contributed by atoms with Crippen molar-refractivity contribution < 1.29 is 4.74 Å². The Bertz CT molecular complexity index is 609. The van der Waals surface area contributed by atoms with E-state index in [1.54, 1.807) is 0 Å². The van der Waals surface area contributed by atoms with E-state index in [0.29, 0.717) is 11.0 Å². The zero-order chi connectivity index (χ0) is 14.7. The van der Waals surface area contributed by atoms with Gasteiger partial charge in [0.15, 0.2) is 0 Å². The van der Waals surface area contributed by atoms with Gasteiger partial charge in [-0.3, -0.25) is 0 Å². The van der Waals surface area contributed by atoms with Gasteiger partial charge in [0.05, 0.1) is 13.2 Å². The number of hydrogen-bond donors (Lipinski definition) is 0. The number of ether oxygens (including phenoxy) is 1. The maximum atomic E-state index is 6.21. The Morgan fingerprint density at radius 1 is 1.15 bits per heavy atom. The molecule has 0 aliphatic heterocycles. The second-order valence-electron chi connectivity index (χ2n) is 4.20. The summed E-state index contributed by atoms with van der Waals surface area (Å²) in [5.74, 6) is 0.425. The van der Waals surface area contributed by atoms with E-state index in [4.69, 9.17) is 27.9 Å². The lowest BCUT2D eigenvalue weighted by Gasteiger charge is -2.26.